The molecule has 2 aliphatic rings. The normalized spacial score (nSPS) is 42.7. The third kappa shape index (κ3) is 2.60. The number of nitrogens with two attached hydrogens (primary N) is 1. The molecule has 4 atom stereocenters. The van der Waals surface area contributed by atoms with Crippen molar-refractivity contribution in [3.05, 3.63) is 0 Å². The Kier molecular flexibility index (Phi) is 4.38. The molecule has 0 aromatic carbocycles. The van der Waals surface area contributed by atoms with E-state index in [2.05, 4.69) is 32.6 Å². The third-order valence-corrected chi connectivity index (χ3v) is 5.84. The first-order valence-corrected chi connectivity index (χ1v) is 7.93. The summed E-state index contributed by atoms with van der Waals surface area (Å²) >= 11 is 0. The van der Waals surface area contributed by atoms with Crippen LogP contribution in [0, 0.1) is 23.7 Å². The highest BCUT2D eigenvalue weighted by atomic mass is 15.2. The lowest BCUT2D eigenvalue weighted by Crippen LogP contribution is -2.56. The second-order valence-corrected chi connectivity index (χ2v) is 7.39. The predicted octanol–water partition coefficient (Wildman–Crippen LogP) is 3.12. The number of hydrogen-bond acceptors (Lipinski definition) is 2. The molecule has 0 aromatic rings. The lowest BCUT2D eigenvalue weighted by Gasteiger charge is -2.48. The van der Waals surface area contributed by atoms with Crippen molar-refractivity contribution in [2.75, 3.05) is 19.6 Å². The highest BCUT2D eigenvalue weighted by molar-refractivity contribution is 5.00. The highest BCUT2D eigenvalue weighted by Crippen LogP contribution is 2.42. The molecule has 2 heteroatoms. The maximum atomic E-state index is 6.23. The molecule has 106 valence electrons. The molecule has 2 N–H and O–H groups in total. The Bertz CT molecular complexity index is 266. The van der Waals surface area contributed by atoms with E-state index in [0.29, 0.717) is 5.54 Å². The van der Waals surface area contributed by atoms with Gasteiger partial charge < -0.3 is 5.73 Å². The zero-order valence-electron chi connectivity index (χ0n) is 12.8. The molecule has 1 aliphatic carbocycles. The molecular formula is C16H32N2. The van der Waals surface area contributed by atoms with Crippen LogP contribution in [0.3, 0.4) is 0 Å². The quantitative estimate of drug-likeness (QED) is 0.836. The average molecular weight is 252 g/mol. The highest BCUT2D eigenvalue weighted by Gasteiger charge is 2.44. The standard InChI is InChI=1S/C16H32N2/c1-12(2)15-6-5-7-16(8-15,11-17)18-9-13(3)14(4)10-18/h12-15H,5-11,17H2,1-4H3. The third-order valence-electron chi connectivity index (χ3n) is 5.84. The summed E-state index contributed by atoms with van der Waals surface area (Å²) in [5.74, 6) is 3.38. The molecule has 2 fully saturated rings. The summed E-state index contributed by atoms with van der Waals surface area (Å²) in [6, 6.07) is 0. The Balaban J connectivity index is 2.10. The number of rotatable bonds is 3. The van der Waals surface area contributed by atoms with Gasteiger partial charge in [0.05, 0.1) is 0 Å². The van der Waals surface area contributed by atoms with Gasteiger partial charge in [-0.1, -0.05) is 40.5 Å². The van der Waals surface area contributed by atoms with Crippen molar-refractivity contribution in [3.63, 3.8) is 0 Å². The van der Waals surface area contributed by atoms with E-state index in [9.17, 15) is 0 Å². The maximum Gasteiger partial charge on any atom is 0.0334 e. The molecule has 4 unspecified atom stereocenters. The van der Waals surface area contributed by atoms with Crippen molar-refractivity contribution in [2.45, 2.75) is 58.9 Å². The summed E-state index contributed by atoms with van der Waals surface area (Å²) in [6.07, 6.45) is 5.45. The molecule has 0 amide bonds. The summed E-state index contributed by atoms with van der Waals surface area (Å²) in [4.78, 5) is 2.75. The molecule has 0 aromatic heterocycles. The summed E-state index contributed by atoms with van der Waals surface area (Å²) in [5, 5.41) is 0. The van der Waals surface area contributed by atoms with E-state index >= 15 is 0 Å². The SMILES string of the molecule is CC(C)C1CCCC(CN)(N2CC(C)C(C)C2)C1. The van der Waals surface area contributed by atoms with Crippen LogP contribution in [-0.2, 0) is 0 Å². The molecule has 0 spiro atoms. The molecule has 1 saturated carbocycles. The molecular weight excluding hydrogens is 220 g/mol. The fraction of sp³-hybridized carbons (Fsp3) is 1.00. The van der Waals surface area contributed by atoms with Crippen LogP contribution < -0.4 is 5.73 Å². The molecule has 1 saturated heterocycles. The van der Waals surface area contributed by atoms with Crippen LogP contribution in [0.5, 0.6) is 0 Å². The zero-order chi connectivity index (χ0) is 13.3. The van der Waals surface area contributed by atoms with Gasteiger partial charge in [-0.3, -0.25) is 4.90 Å². The maximum absolute atomic E-state index is 6.23. The second kappa shape index (κ2) is 5.50. The fourth-order valence-corrected chi connectivity index (χ4v) is 4.07. The van der Waals surface area contributed by atoms with E-state index in [1.165, 1.54) is 38.8 Å². The van der Waals surface area contributed by atoms with Crippen molar-refractivity contribution < 1.29 is 0 Å². The Morgan fingerprint density at radius 2 is 1.83 bits per heavy atom. The predicted molar refractivity (Wildman–Crippen MR) is 78.5 cm³/mol. The minimum Gasteiger partial charge on any atom is -0.329 e. The summed E-state index contributed by atoms with van der Waals surface area (Å²) in [7, 11) is 0. The van der Waals surface area contributed by atoms with E-state index in [1.54, 1.807) is 0 Å². The number of likely N-dealkylation sites (tertiary alicyclic amines) is 1. The molecule has 1 aliphatic heterocycles. The van der Waals surface area contributed by atoms with Crippen molar-refractivity contribution in [2.24, 2.45) is 29.4 Å². The summed E-state index contributed by atoms with van der Waals surface area (Å²) in [5.41, 5.74) is 6.56. The Morgan fingerprint density at radius 3 is 2.33 bits per heavy atom. The molecule has 0 bridgehead atoms. The molecule has 2 rings (SSSR count). The number of nitrogens with zero attached hydrogens (tertiary/aromatic N) is 1. The van der Waals surface area contributed by atoms with E-state index in [0.717, 1.165) is 30.2 Å². The van der Waals surface area contributed by atoms with E-state index in [4.69, 9.17) is 5.73 Å². The smallest absolute Gasteiger partial charge is 0.0334 e. The average Bonchev–Trinajstić information content (AvgIpc) is 2.70. The zero-order valence-corrected chi connectivity index (χ0v) is 12.8. The number of hydrogen-bond donors (Lipinski definition) is 1. The van der Waals surface area contributed by atoms with Gasteiger partial charge in [0.1, 0.15) is 0 Å². The van der Waals surface area contributed by atoms with Gasteiger partial charge in [0, 0.05) is 25.2 Å². The summed E-state index contributed by atoms with van der Waals surface area (Å²) in [6.45, 7) is 13.0. The van der Waals surface area contributed by atoms with E-state index < -0.39 is 0 Å². The summed E-state index contributed by atoms with van der Waals surface area (Å²) < 4.78 is 0. The van der Waals surface area contributed by atoms with Crippen LogP contribution >= 0.6 is 0 Å². The Labute approximate surface area is 113 Å². The van der Waals surface area contributed by atoms with E-state index in [-0.39, 0.29) is 0 Å². The van der Waals surface area contributed by atoms with Gasteiger partial charge in [0.25, 0.3) is 0 Å². The first-order chi connectivity index (χ1) is 8.48. The monoisotopic (exact) mass is 252 g/mol. The second-order valence-electron chi connectivity index (χ2n) is 7.39. The van der Waals surface area contributed by atoms with Gasteiger partial charge in [0.2, 0.25) is 0 Å². The minimum atomic E-state index is 0.326. The van der Waals surface area contributed by atoms with Gasteiger partial charge in [-0.2, -0.15) is 0 Å². The van der Waals surface area contributed by atoms with Gasteiger partial charge >= 0.3 is 0 Å². The van der Waals surface area contributed by atoms with Crippen LogP contribution in [0.25, 0.3) is 0 Å². The van der Waals surface area contributed by atoms with Crippen LogP contribution in [0.15, 0.2) is 0 Å². The first-order valence-electron chi connectivity index (χ1n) is 7.93. The van der Waals surface area contributed by atoms with Crippen molar-refractivity contribution in [1.82, 2.24) is 4.90 Å². The Hall–Kier alpha value is -0.0800. The lowest BCUT2D eigenvalue weighted by molar-refractivity contribution is 0.0395. The van der Waals surface area contributed by atoms with Crippen molar-refractivity contribution >= 4 is 0 Å². The van der Waals surface area contributed by atoms with E-state index in [1.807, 2.05) is 0 Å². The van der Waals surface area contributed by atoms with Crippen LogP contribution in [0.2, 0.25) is 0 Å². The largest absolute Gasteiger partial charge is 0.329 e. The topological polar surface area (TPSA) is 29.3 Å². The fourth-order valence-electron chi connectivity index (χ4n) is 4.07. The van der Waals surface area contributed by atoms with Gasteiger partial charge in [-0.25, -0.2) is 0 Å². The van der Waals surface area contributed by atoms with Crippen LogP contribution in [0.4, 0.5) is 0 Å². The molecule has 0 radical (unpaired) electrons. The minimum absolute atomic E-state index is 0.326. The van der Waals surface area contributed by atoms with Crippen molar-refractivity contribution in [3.8, 4) is 0 Å². The first kappa shape index (κ1) is 14.3. The molecule has 1 heterocycles. The van der Waals surface area contributed by atoms with Gasteiger partial charge in [-0.15, -0.1) is 0 Å². The van der Waals surface area contributed by atoms with Gasteiger partial charge in [0.15, 0.2) is 0 Å². The van der Waals surface area contributed by atoms with Gasteiger partial charge in [-0.05, 0) is 36.5 Å². The molecule has 2 nitrogen and oxygen atoms in total. The lowest BCUT2D eigenvalue weighted by atomic mass is 9.71. The van der Waals surface area contributed by atoms with Crippen molar-refractivity contribution in [1.29, 1.82) is 0 Å². The van der Waals surface area contributed by atoms with Crippen LogP contribution in [-0.4, -0.2) is 30.1 Å². The molecule has 18 heavy (non-hydrogen) atoms. The van der Waals surface area contributed by atoms with Crippen LogP contribution in [0.1, 0.15) is 53.4 Å². The Morgan fingerprint density at radius 1 is 1.22 bits per heavy atom.